The fourth-order valence-corrected chi connectivity index (χ4v) is 19.3. The molecule has 0 aliphatic rings. The van der Waals surface area contributed by atoms with E-state index in [-0.39, 0.29) is 0 Å². The van der Waals surface area contributed by atoms with Crippen LogP contribution >= 0.6 is 90.7 Å². The van der Waals surface area contributed by atoms with Gasteiger partial charge in [-0.3, -0.25) is 0 Å². The number of hydrogen-bond acceptors (Lipinski definition) is 8. The van der Waals surface area contributed by atoms with Crippen molar-refractivity contribution in [3.63, 3.8) is 0 Å². The molecule has 0 N–H and O–H groups in total. The molecule has 0 unspecified atom stereocenters. The van der Waals surface area contributed by atoms with Crippen LogP contribution in [0.3, 0.4) is 0 Å². The number of benzene rings is 1. The summed E-state index contributed by atoms with van der Waals surface area (Å²) in [5.41, 5.74) is 4.87. The maximum Gasteiger partial charge on any atom is 0.0449 e. The standard InChI is InChI=1S/C78H94S8/c1-5-9-13-17-21-25-29-63-41-49-71(79-63)75-53-45-67(83-75)37-33-59-57-61(35-39-69-47-55-77(85-69)73-51-43-65(81-73)31-27-23-19-15-11-7-3)62(36-40-70-48-56-78(86-70)74-52-44-66(82-74)32-28-24-20-16-12-8-4)58-60(59)34-38-68-46-54-76(84-68)72-50-42-64(80-72)30-26-22-18-14-10-6-2/h33-58H,5-32H2,1-4H3/b37-33+,38-34+,39-35+,40-36+. The maximum absolute atomic E-state index is 2.44. The first-order chi connectivity index (χ1) is 42.4. The molecule has 0 saturated carbocycles. The molecule has 0 spiro atoms. The van der Waals surface area contributed by atoms with Gasteiger partial charge in [0.05, 0.1) is 0 Å². The molecule has 1 aromatic carbocycles. The number of hydrogen-bond donors (Lipinski definition) is 0. The highest BCUT2D eigenvalue weighted by molar-refractivity contribution is 7.24. The van der Waals surface area contributed by atoms with E-state index in [1.807, 2.05) is 90.7 Å². The van der Waals surface area contributed by atoms with Crippen LogP contribution in [-0.2, 0) is 25.7 Å². The van der Waals surface area contributed by atoms with Crippen molar-refractivity contribution in [3.05, 3.63) is 170 Å². The summed E-state index contributed by atoms with van der Waals surface area (Å²) in [5, 5.41) is 0. The van der Waals surface area contributed by atoms with E-state index >= 15 is 0 Å². The molecule has 454 valence electrons. The van der Waals surface area contributed by atoms with Crippen LogP contribution in [-0.4, -0.2) is 0 Å². The Balaban J connectivity index is 0.993. The zero-order chi connectivity index (χ0) is 59.4. The predicted molar refractivity (Wildman–Crippen MR) is 401 cm³/mol. The van der Waals surface area contributed by atoms with Gasteiger partial charge < -0.3 is 0 Å². The van der Waals surface area contributed by atoms with Gasteiger partial charge in [0.15, 0.2) is 0 Å². The molecule has 8 aromatic heterocycles. The first kappa shape index (κ1) is 66.2. The van der Waals surface area contributed by atoms with Crippen LogP contribution in [0.25, 0.3) is 87.6 Å². The highest BCUT2D eigenvalue weighted by Crippen LogP contribution is 2.40. The third kappa shape index (κ3) is 21.5. The molecule has 9 rings (SSSR count). The average molecular weight is 1290 g/mol. The highest BCUT2D eigenvalue weighted by atomic mass is 32.1. The van der Waals surface area contributed by atoms with E-state index in [0.717, 1.165) is 0 Å². The van der Waals surface area contributed by atoms with Crippen LogP contribution in [0.15, 0.2) is 109 Å². The first-order valence-corrected chi connectivity index (χ1v) is 39.6. The van der Waals surface area contributed by atoms with Crippen molar-refractivity contribution in [3.8, 4) is 39.0 Å². The summed E-state index contributed by atoms with van der Waals surface area (Å²) in [6, 6.07) is 42.4. The smallest absolute Gasteiger partial charge is 0.0449 e. The summed E-state index contributed by atoms with van der Waals surface area (Å²) in [6.45, 7) is 9.20. The minimum atomic E-state index is 1.19. The maximum atomic E-state index is 2.44. The Labute approximate surface area is 551 Å². The molecule has 9 aromatic rings. The Morgan fingerprint density at radius 1 is 0.209 bits per heavy atom. The summed E-state index contributed by atoms with van der Waals surface area (Å²) in [4.78, 5) is 22.2. The second kappa shape index (κ2) is 37.1. The third-order valence-electron chi connectivity index (χ3n) is 16.2. The quantitative estimate of drug-likeness (QED) is 0.0336. The first-order valence-electron chi connectivity index (χ1n) is 33.1. The van der Waals surface area contributed by atoms with E-state index in [1.165, 1.54) is 280 Å². The van der Waals surface area contributed by atoms with Gasteiger partial charge in [-0.15, -0.1) is 90.7 Å². The summed E-state index contributed by atoms with van der Waals surface area (Å²) in [7, 11) is 0. The van der Waals surface area contributed by atoms with Crippen LogP contribution < -0.4 is 0 Å². The fraction of sp³-hybridized carbons (Fsp3) is 0.410. The van der Waals surface area contributed by atoms with Gasteiger partial charge in [-0.1, -0.05) is 180 Å². The molecule has 8 heterocycles. The molecule has 0 saturated heterocycles. The van der Waals surface area contributed by atoms with E-state index < -0.39 is 0 Å². The van der Waals surface area contributed by atoms with E-state index in [1.54, 1.807) is 0 Å². The predicted octanol–water partition coefficient (Wildman–Crippen LogP) is 29.1. The van der Waals surface area contributed by atoms with Crippen molar-refractivity contribution in [1.82, 2.24) is 0 Å². The van der Waals surface area contributed by atoms with Gasteiger partial charge >= 0.3 is 0 Å². The summed E-state index contributed by atoms with van der Waals surface area (Å²) >= 11 is 15.6. The molecule has 0 aliphatic carbocycles. The van der Waals surface area contributed by atoms with Crippen molar-refractivity contribution < 1.29 is 0 Å². The fourth-order valence-electron chi connectivity index (χ4n) is 11.1. The average Bonchev–Trinajstić information content (AvgIpc) is 4.42. The van der Waals surface area contributed by atoms with Gasteiger partial charge in [-0.2, -0.15) is 0 Å². The molecule has 0 radical (unpaired) electrons. The van der Waals surface area contributed by atoms with Crippen LogP contribution in [0, 0.1) is 0 Å². The molecule has 0 bridgehead atoms. The normalized spacial score (nSPS) is 12.1. The lowest BCUT2D eigenvalue weighted by Crippen LogP contribution is -1.89. The monoisotopic (exact) mass is 1290 g/mol. The molecule has 0 aliphatic heterocycles. The lowest BCUT2D eigenvalue weighted by molar-refractivity contribution is 0.609. The Morgan fingerprint density at radius 3 is 0.640 bits per heavy atom. The second-order valence-corrected chi connectivity index (χ2v) is 32.5. The van der Waals surface area contributed by atoms with Gasteiger partial charge in [-0.05, 0) is 207 Å². The molecule has 0 nitrogen and oxygen atoms in total. The Bertz CT molecular complexity index is 3020. The van der Waals surface area contributed by atoms with Crippen molar-refractivity contribution in [2.75, 3.05) is 0 Å². The number of thiophene rings is 8. The van der Waals surface area contributed by atoms with Crippen molar-refractivity contribution in [1.29, 1.82) is 0 Å². The molecule has 0 atom stereocenters. The molecule has 0 fully saturated rings. The zero-order valence-electron chi connectivity index (χ0n) is 52.1. The van der Waals surface area contributed by atoms with Crippen LogP contribution in [0.5, 0.6) is 0 Å². The lowest BCUT2D eigenvalue weighted by Gasteiger charge is -2.09. The van der Waals surface area contributed by atoms with Gasteiger partial charge in [0, 0.05) is 78.0 Å². The van der Waals surface area contributed by atoms with Crippen molar-refractivity contribution in [2.45, 2.75) is 207 Å². The summed E-state index contributed by atoms with van der Waals surface area (Å²) in [6.07, 6.45) is 55.8. The third-order valence-corrected chi connectivity index (χ3v) is 25.8. The zero-order valence-corrected chi connectivity index (χ0v) is 58.6. The number of rotatable bonds is 40. The van der Waals surface area contributed by atoms with E-state index in [0.29, 0.717) is 0 Å². The van der Waals surface area contributed by atoms with Gasteiger partial charge in [0.1, 0.15) is 0 Å². The molecular formula is C78H94S8. The largest absolute Gasteiger partial charge is 0.139 e. The number of unbranched alkanes of at least 4 members (excludes halogenated alkanes) is 20. The molecular weight excluding hydrogens is 1190 g/mol. The number of aryl methyl sites for hydroxylation is 4. The van der Waals surface area contributed by atoms with Gasteiger partial charge in [0.2, 0.25) is 0 Å². The summed E-state index contributed by atoms with van der Waals surface area (Å²) in [5.74, 6) is 0. The molecule has 86 heavy (non-hydrogen) atoms. The van der Waals surface area contributed by atoms with Crippen LogP contribution in [0.2, 0.25) is 0 Å². The van der Waals surface area contributed by atoms with Crippen LogP contribution in [0.4, 0.5) is 0 Å². The molecule has 0 amide bonds. The van der Waals surface area contributed by atoms with Crippen molar-refractivity contribution in [2.24, 2.45) is 0 Å². The van der Waals surface area contributed by atoms with E-state index in [2.05, 4.69) is 185 Å². The Kier molecular flexibility index (Phi) is 28.5. The molecule has 8 heteroatoms. The minimum absolute atomic E-state index is 1.19. The van der Waals surface area contributed by atoms with Crippen LogP contribution in [0.1, 0.15) is 243 Å². The Hall–Kier alpha value is -4.22. The topological polar surface area (TPSA) is 0 Å². The lowest BCUT2D eigenvalue weighted by atomic mass is 9.96. The van der Waals surface area contributed by atoms with E-state index in [4.69, 9.17) is 0 Å². The van der Waals surface area contributed by atoms with Gasteiger partial charge in [0.25, 0.3) is 0 Å². The second-order valence-electron chi connectivity index (χ2n) is 23.4. The highest BCUT2D eigenvalue weighted by Gasteiger charge is 2.13. The Morgan fingerprint density at radius 2 is 0.407 bits per heavy atom. The SMILES string of the molecule is CCCCCCCCc1ccc(-c2ccc(/C=C/c3cc(/C=C/c4ccc(-c5ccc(CCCCCCCC)s5)s4)c(/C=C/c4ccc(-c5ccc(CCCCCCCC)s5)s4)cc3/C=C/c3ccc(-c4ccc(CCCCCCCC)s4)s3)s2)s1. The minimum Gasteiger partial charge on any atom is -0.139 e. The van der Waals surface area contributed by atoms with E-state index in [9.17, 15) is 0 Å². The van der Waals surface area contributed by atoms with Gasteiger partial charge in [-0.25, -0.2) is 0 Å². The summed E-state index contributed by atoms with van der Waals surface area (Å²) < 4.78 is 0. The van der Waals surface area contributed by atoms with Crippen molar-refractivity contribution >= 4 is 139 Å².